The van der Waals surface area contributed by atoms with Crippen LogP contribution in [0.5, 0.6) is 11.5 Å². The molecule has 0 saturated heterocycles. The molecule has 7 rings (SSSR count). The maximum absolute atomic E-state index is 13.7. The Morgan fingerprint density at radius 1 is 1.00 bits per heavy atom. The first-order valence-electron chi connectivity index (χ1n) is 17.2. The number of benzene rings is 2. The number of carbonyl (C=O) groups excluding carboxylic acids is 3. The van der Waals surface area contributed by atoms with Gasteiger partial charge in [-0.3, -0.25) is 9.59 Å². The van der Waals surface area contributed by atoms with Crippen molar-refractivity contribution in [3.8, 4) is 17.6 Å². The number of fused-ring (bicyclic) bond motifs is 2. The quantitative estimate of drug-likeness (QED) is 0.291. The summed E-state index contributed by atoms with van der Waals surface area (Å²) in [6.45, 7) is 3.15. The Labute approximate surface area is 276 Å². The summed E-state index contributed by atoms with van der Waals surface area (Å²) in [5.74, 6) is -0.264. The number of amides is 1. The summed E-state index contributed by atoms with van der Waals surface area (Å²) < 4.78 is 23.5. The summed E-state index contributed by atoms with van der Waals surface area (Å²) in [7, 11) is 1.45. The highest BCUT2D eigenvalue weighted by molar-refractivity contribution is 5.94. The predicted molar refractivity (Wildman–Crippen MR) is 171 cm³/mol. The minimum absolute atomic E-state index is 0.0134. The van der Waals surface area contributed by atoms with E-state index >= 15 is 0 Å². The van der Waals surface area contributed by atoms with Gasteiger partial charge in [0.25, 0.3) is 0 Å². The van der Waals surface area contributed by atoms with E-state index < -0.39 is 12.1 Å². The van der Waals surface area contributed by atoms with E-state index in [4.69, 9.17) is 18.9 Å². The van der Waals surface area contributed by atoms with E-state index in [2.05, 4.69) is 18.3 Å². The maximum atomic E-state index is 13.7. The molecule has 5 fully saturated rings. The number of methoxy groups -OCH3 is 1. The first-order valence-corrected chi connectivity index (χ1v) is 17.2. The molecule has 47 heavy (non-hydrogen) atoms. The number of nitrogens with zero attached hydrogens (tertiary/aromatic N) is 1. The molecule has 0 unspecified atom stereocenters. The fraction of sp³-hybridized carbons (Fsp3) is 0.579. The van der Waals surface area contributed by atoms with E-state index in [1.165, 1.54) is 19.6 Å². The standard InChI is InChI=1S/C38H44N2O7/c1-37(11-6-12-37)22-40-34(41)32-24-9-10-25(13-24)33(32)47-36(43)29-15-30(26(20-39)14-31(29)44-2)46-28-18-38(19-28)16-27(17-38)35(42)45-21-23-7-4-3-5-8-23/h3-5,7-8,14-15,24-25,27-28,32-33H,6,9-13,16-19,21-22H2,1-2H3,(H,40,41)/t24-,25+,27-,28-,32+,33-,38?/m1/s1. The van der Waals surface area contributed by atoms with E-state index in [9.17, 15) is 19.6 Å². The van der Waals surface area contributed by atoms with E-state index in [0.29, 0.717) is 12.3 Å². The summed E-state index contributed by atoms with van der Waals surface area (Å²) >= 11 is 0. The second kappa shape index (κ2) is 12.5. The third-order valence-corrected chi connectivity index (χ3v) is 11.8. The van der Waals surface area contributed by atoms with Crippen LogP contribution in [0.1, 0.15) is 92.6 Å². The van der Waals surface area contributed by atoms with Gasteiger partial charge in [-0.25, -0.2) is 4.79 Å². The van der Waals surface area contributed by atoms with Crippen LogP contribution in [0.2, 0.25) is 0 Å². The normalized spacial score (nSPS) is 31.0. The van der Waals surface area contributed by atoms with Gasteiger partial charge in [-0.15, -0.1) is 0 Å². The molecule has 5 saturated carbocycles. The van der Waals surface area contributed by atoms with Gasteiger partial charge in [0.05, 0.1) is 30.6 Å². The van der Waals surface area contributed by atoms with Crippen LogP contribution in [0.4, 0.5) is 0 Å². The Hall–Kier alpha value is -4.06. The first kappa shape index (κ1) is 31.5. The molecule has 0 radical (unpaired) electrons. The highest BCUT2D eigenvalue weighted by Gasteiger charge is 2.56. The summed E-state index contributed by atoms with van der Waals surface area (Å²) in [5, 5.41) is 13.1. The zero-order valence-corrected chi connectivity index (χ0v) is 27.3. The van der Waals surface area contributed by atoms with Crippen LogP contribution in [0.15, 0.2) is 42.5 Å². The van der Waals surface area contributed by atoms with Crippen molar-refractivity contribution >= 4 is 17.8 Å². The third-order valence-electron chi connectivity index (χ3n) is 11.8. The molecule has 1 spiro atoms. The lowest BCUT2D eigenvalue weighted by atomic mass is 9.50. The lowest BCUT2D eigenvalue weighted by Crippen LogP contribution is -2.53. The molecule has 248 valence electrons. The van der Waals surface area contributed by atoms with Crippen molar-refractivity contribution in [2.24, 2.45) is 34.5 Å². The molecular formula is C38H44N2O7. The molecule has 5 aliphatic rings. The van der Waals surface area contributed by atoms with Gasteiger partial charge in [-0.1, -0.05) is 43.7 Å². The number of rotatable bonds is 11. The predicted octanol–water partition coefficient (Wildman–Crippen LogP) is 6.13. The molecule has 1 N–H and O–H groups in total. The monoisotopic (exact) mass is 640 g/mol. The van der Waals surface area contributed by atoms with Crippen LogP contribution in [0.25, 0.3) is 0 Å². The van der Waals surface area contributed by atoms with Gasteiger partial charge in [0.15, 0.2) is 0 Å². The SMILES string of the molecule is COc1cc(C#N)c(O[C@H]2CC3(C2)C[C@H](C(=O)OCc2ccccc2)C3)cc1C(=O)O[C@@H]1[C@H]2CC[C@H](C2)[C@@H]1C(=O)NCC1(C)CCC1. The van der Waals surface area contributed by atoms with Crippen LogP contribution >= 0.6 is 0 Å². The number of carbonyl (C=O) groups is 3. The molecule has 2 aromatic rings. The van der Waals surface area contributed by atoms with Crippen molar-refractivity contribution in [3.05, 3.63) is 59.2 Å². The molecular weight excluding hydrogens is 596 g/mol. The first-order chi connectivity index (χ1) is 22.7. The van der Waals surface area contributed by atoms with Gasteiger partial charge in [0, 0.05) is 12.6 Å². The molecule has 2 bridgehead atoms. The van der Waals surface area contributed by atoms with Gasteiger partial charge in [0.2, 0.25) is 5.91 Å². The van der Waals surface area contributed by atoms with Gasteiger partial charge < -0.3 is 24.3 Å². The van der Waals surface area contributed by atoms with E-state index in [1.807, 2.05) is 30.3 Å². The average molecular weight is 641 g/mol. The molecule has 0 aromatic heterocycles. The molecule has 0 aliphatic heterocycles. The zero-order chi connectivity index (χ0) is 32.8. The van der Waals surface area contributed by atoms with Crippen molar-refractivity contribution in [2.45, 2.75) is 89.9 Å². The van der Waals surface area contributed by atoms with Crippen LogP contribution < -0.4 is 14.8 Å². The number of hydrogen-bond acceptors (Lipinski definition) is 8. The highest BCUT2D eigenvalue weighted by atomic mass is 16.5. The van der Waals surface area contributed by atoms with Crippen molar-refractivity contribution in [1.82, 2.24) is 5.32 Å². The number of nitrogens with one attached hydrogen (secondary N) is 1. The van der Waals surface area contributed by atoms with Crippen molar-refractivity contribution in [3.63, 3.8) is 0 Å². The summed E-state index contributed by atoms with van der Waals surface area (Å²) in [4.78, 5) is 39.7. The van der Waals surface area contributed by atoms with Crippen molar-refractivity contribution < 1.29 is 33.3 Å². The van der Waals surface area contributed by atoms with E-state index in [1.54, 1.807) is 6.07 Å². The Morgan fingerprint density at radius 2 is 1.74 bits per heavy atom. The number of esters is 2. The van der Waals surface area contributed by atoms with Gasteiger partial charge in [0.1, 0.15) is 35.8 Å². The highest BCUT2D eigenvalue weighted by Crippen LogP contribution is 2.60. The number of hydrogen-bond donors (Lipinski definition) is 1. The lowest BCUT2D eigenvalue weighted by molar-refractivity contribution is -0.169. The topological polar surface area (TPSA) is 124 Å². The zero-order valence-electron chi connectivity index (χ0n) is 27.3. The fourth-order valence-corrected chi connectivity index (χ4v) is 8.91. The Morgan fingerprint density at radius 3 is 2.43 bits per heavy atom. The van der Waals surface area contributed by atoms with Crippen LogP contribution in [-0.2, 0) is 25.7 Å². The summed E-state index contributed by atoms with van der Waals surface area (Å²) in [6.07, 6.45) is 8.72. The van der Waals surface area contributed by atoms with Crippen LogP contribution in [0, 0.1) is 45.8 Å². The maximum Gasteiger partial charge on any atom is 0.342 e. The molecule has 1 amide bonds. The molecule has 0 heterocycles. The van der Waals surface area contributed by atoms with Crippen molar-refractivity contribution in [1.29, 1.82) is 5.26 Å². The molecule has 4 atom stereocenters. The summed E-state index contributed by atoms with van der Waals surface area (Å²) in [6, 6.07) is 14.9. The van der Waals surface area contributed by atoms with Gasteiger partial charge in [-0.2, -0.15) is 5.26 Å². The summed E-state index contributed by atoms with van der Waals surface area (Å²) in [5.41, 5.74) is 1.65. The molecule has 5 aliphatic carbocycles. The van der Waals surface area contributed by atoms with Crippen molar-refractivity contribution in [2.75, 3.05) is 13.7 Å². The number of nitriles is 1. The lowest BCUT2D eigenvalue weighted by Gasteiger charge is -2.56. The Bertz CT molecular complexity index is 1560. The molecule has 2 aromatic carbocycles. The van der Waals surface area contributed by atoms with Gasteiger partial charge in [-0.05, 0) is 92.1 Å². The third kappa shape index (κ3) is 6.19. The molecule has 9 heteroatoms. The smallest absolute Gasteiger partial charge is 0.342 e. The molecule has 9 nitrogen and oxygen atoms in total. The Balaban J connectivity index is 0.966. The van der Waals surface area contributed by atoms with E-state index in [-0.39, 0.29) is 76.0 Å². The second-order valence-electron chi connectivity index (χ2n) is 15.1. The van der Waals surface area contributed by atoms with Crippen LogP contribution in [0.3, 0.4) is 0 Å². The van der Waals surface area contributed by atoms with Gasteiger partial charge >= 0.3 is 11.9 Å². The average Bonchev–Trinajstić information content (AvgIpc) is 3.64. The largest absolute Gasteiger partial charge is 0.496 e. The second-order valence-corrected chi connectivity index (χ2v) is 15.1. The minimum Gasteiger partial charge on any atom is -0.496 e. The minimum atomic E-state index is -0.571. The van der Waals surface area contributed by atoms with E-state index in [0.717, 1.165) is 63.4 Å². The van der Waals surface area contributed by atoms with Crippen LogP contribution in [-0.4, -0.2) is 43.7 Å². The Kier molecular flexibility index (Phi) is 8.40. The number of ether oxygens (including phenoxy) is 4. The fourth-order valence-electron chi connectivity index (χ4n) is 8.91.